The third kappa shape index (κ3) is 3.04. The zero-order valence-electron chi connectivity index (χ0n) is 10.9. The average Bonchev–Trinajstić information content (AvgIpc) is 3.26. The van der Waals surface area contributed by atoms with E-state index < -0.39 is 0 Å². The third-order valence-electron chi connectivity index (χ3n) is 3.03. The van der Waals surface area contributed by atoms with Crippen molar-refractivity contribution in [2.45, 2.75) is 18.8 Å². The van der Waals surface area contributed by atoms with E-state index in [1.54, 1.807) is 18.2 Å². The number of hydrogen-bond donors (Lipinski definition) is 1. The normalized spacial score (nSPS) is 14.2. The first-order valence-electron chi connectivity index (χ1n) is 6.35. The summed E-state index contributed by atoms with van der Waals surface area (Å²) < 4.78 is 6.62. The molecule has 20 heavy (non-hydrogen) atoms. The molecule has 0 radical (unpaired) electrons. The van der Waals surface area contributed by atoms with Gasteiger partial charge in [0.2, 0.25) is 5.88 Å². The average molecular weight is 355 g/mol. The fourth-order valence-electron chi connectivity index (χ4n) is 1.82. The fourth-order valence-corrected chi connectivity index (χ4v) is 2.58. The fraction of sp³-hybridized carbons (Fsp3) is 0.286. The monoisotopic (exact) mass is 353 g/mol. The third-order valence-corrected chi connectivity index (χ3v) is 3.88. The molecule has 6 heteroatoms. The van der Waals surface area contributed by atoms with Gasteiger partial charge >= 0.3 is 0 Å². The van der Waals surface area contributed by atoms with Crippen LogP contribution in [0.2, 0.25) is 5.02 Å². The maximum atomic E-state index is 5.92. The summed E-state index contributed by atoms with van der Waals surface area (Å²) in [5.41, 5.74) is 0. The number of nitrogens with one attached hydrogen (secondary N) is 1. The lowest BCUT2D eigenvalue weighted by atomic mass is 10.3. The van der Waals surface area contributed by atoms with Crippen molar-refractivity contribution < 1.29 is 4.74 Å². The summed E-state index contributed by atoms with van der Waals surface area (Å²) in [7, 11) is 1.83. The van der Waals surface area contributed by atoms with E-state index in [4.69, 9.17) is 16.3 Å². The molecular formula is C14H13BrClN3O. The zero-order chi connectivity index (χ0) is 14.1. The predicted octanol–water partition coefficient (Wildman–Crippen LogP) is 4.60. The highest BCUT2D eigenvalue weighted by atomic mass is 79.9. The van der Waals surface area contributed by atoms with Gasteiger partial charge in [0, 0.05) is 24.1 Å². The SMILES string of the molecule is CNc1cc(Oc2ccc(Cl)cc2Br)nc(C2CC2)n1. The van der Waals surface area contributed by atoms with Crippen LogP contribution in [-0.4, -0.2) is 17.0 Å². The van der Waals surface area contributed by atoms with Crippen molar-refractivity contribution in [2.75, 3.05) is 12.4 Å². The van der Waals surface area contributed by atoms with Gasteiger partial charge in [-0.05, 0) is 47.0 Å². The number of rotatable bonds is 4. The van der Waals surface area contributed by atoms with E-state index in [0.29, 0.717) is 22.6 Å². The van der Waals surface area contributed by atoms with Gasteiger partial charge in [0.15, 0.2) is 0 Å². The maximum Gasteiger partial charge on any atom is 0.224 e. The summed E-state index contributed by atoms with van der Waals surface area (Å²) >= 11 is 9.35. The molecule has 0 amide bonds. The second-order valence-electron chi connectivity index (χ2n) is 4.65. The van der Waals surface area contributed by atoms with E-state index in [0.717, 1.165) is 29.0 Å². The van der Waals surface area contributed by atoms with Gasteiger partial charge in [0.25, 0.3) is 0 Å². The van der Waals surface area contributed by atoms with Crippen molar-refractivity contribution in [1.29, 1.82) is 0 Å². The van der Waals surface area contributed by atoms with Crippen LogP contribution in [0.5, 0.6) is 11.6 Å². The van der Waals surface area contributed by atoms with E-state index in [-0.39, 0.29) is 0 Å². The summed E-state index contributed by atoms with van der Waals surface area (Å²) in [6.45, 7) is 0. The topological polar surface area (TPSA) is 47.0 Å². The maximum absolute atomic E-state index is 5.92. The van der Waals surface area contributed by atoms with Crippen LogP contribution in [0, 0.1) is 0 Å². The number of ether oxygens (including phenoxy) is 1. The molecule has 1 aliphatic carbocycles. The minimum atomic E-state index is 0.472. The number of halogens is 2. The summed E-state index contributed by atoms with van der Waals surface area (Å²) in [4.78, 5) is 8.93. The number of benzene rings is 1. The van der Waals surface area contributed by atoms with Crippen LogP contribution in [0.25, 0.3) is 0 Å². The number of aromatic nitrogens is 2. The molecule has 1 saturated carbocycles. The van der Waals surface area contributed by atoms with E-state index in [2.05, 4.69) is 31.2 Å². The second kappa shape index (κ2) is 5.58. The van der Waals surface area contributed by atoms with Gasteiger partial charge in [-0.1, -0.05) is 11.6 Å². The van der Waals surface area contributed by atoms with Gasteiger partial charge in [-0.25, -0.2) is 4.98 Å². The Morgan fingerprint density at radius 1 is 1.30 bits per heavy atom. The Kier molecular flexibility index (Phi) is 3.81. The molecule has 1 aliphatic rings. The smallest absolute Gasteiger partial charge is 0.224 e. The van der Waals surface area contributed by atoms with Gasteiger partial charge < -0.3 is 10.1 Å². The molecule has 0 saturated heterocycles. The lowest BCUT2D eigenvalue weighted by molar-refractivity contribution is 0.456. The van der Waals surface area contributed by atoms with Crippen LogP contribution in [0.3, 0.4) is 0 Å². The Morgan fingerprint density at radius 3 is 2.75 bits per heavy atom. The lowest BCUT2D eigenvalue weighted by Crippen LogP contribution is -2.01. The van der Waals surface area contributed by atoms with Crippen molar-refractivity contribution in [3.05, 3.63) is 39.6 Å². The van der Waals surface area contributed by atoms with Crippen molar-refractivity contribution >= 4 is 33.3 Å². The van der Waals surface area contributed by atoms with Crippen molar-refractivity contribution in [3.63, 3.8) is 0 Å². The molecule has 1 aromatic heterocycles. The molecule has 104 valence electrons. The first-order valence-corrected chi connectivity index (χ1v) is 7.52. The van der Waals surface area contributed by atoms with Gasteiger partial charge in [-0.3, -0.25) is 0 Å². The lowest BCUT2D eigenvalue weighted by Gasteiger charge is -2.10. The Hall–Kier alpha value is -1.33. The standard InChI is InChI=1S/C14H13BrClN3O/c1-17-12-7-13(19-14(18-12)8-2-3-8)20-11-5-4-9(16)6-10(11)15/h4-8H,2-3H2,1H3,(H,17,18,19). The molecule has 0 atom stereocenters. The van der Waals surface area contributed by atoms with Gasteiger partial charge in [-0.2, -0.15) is 4.98 Å². The molecule has 1 N–H and O–H groups in total. The van der Waals surface area contributed by atoms with Crippen molar-refractivity contribution in [1.82, 2.24) is 9.97 Å². The van der Waals surface area contributed by atoms with E-state index >= 15 is 0 Å². The number of anilines is 1. The zero-order valence-corrected chi connectivity index (χ0v) is 13.2. The van der Waals surface area contributed by atoms with Crippen LogP contribution in [0.4, 0.5) is 5.82 Å². The molecule has 1 fully saturated rings. The largest absolute Gasteiger partial charge is 0.438 e. The van der Waals surface area contributed by atoms with Crippen LogP contribution < -0.4 is 10.1 Å². The van der Waals surface area contributed by atoms with Crippen LogP contribution >= 0.6 is 27.5 Å². The molecule has 4 nitrogen and oxygen atoms in total. The van der Waals surface area contributed by atoms with Crippen LogP contribution in [0.15, 0.2) is 28.7 Å². The first kappa shape index (κ1) is 13.6. The quantitative estimate of drug-likeness (QED) is 0.871. The van der Waals surface area contributed by atoms with Gasteiger partial charge in [0.05, 0.1) is 4.47 Å². The van der Waals surface area contributed by atoms with E-state index in [1.165, 1.54) is 0 Å². The molecule has 0 aliphatic heterocycles. The first-order chi connectivity index (χ1) is 9.65. The summed E-state index contributed by atoms with van der Waals surface area (Å²) in [5, 5.41) is 3.69. The predicted molar refractivity (Wildman–Crippen MR) is 82.8 cm³/mol. The number of hydrogen-bond acceptors (Lipinski definition) is 4. The molecular weight excluding hydrogens is 342 g/mol. The van der Waals surface area contributed by atoms with Crippen LogP contribution in [0.1, 0.15) is 24.6 Å². The van der Waals surface area contributed by atoms with Crippen LogP contribution in [-0.2, 0) is 0 Å². The molecule has 0 spiro atoms. The Bertz CT molecular complexity index is 646. The Labute approximate surface area is 130 Å². The van der Waals surface area contributed by atoms with Gasteiger partial charge in [-0.15, -0.1) is 0 Å². The molecule has 0 bridgehead atoms. The highest BCUT2D eigenvalue weighted by Gasteiger charge is 2.27. The Morgan fingerprint density at radius 2 is 2.10 bits per heavy atom. The molecule has 2 aromatic rings. The second-order valence-corrected chi connectivity index (χ2v) is 5.94. The molecule has 1 aromatic carbocycles. The van der Waals surface area contributed by atoms with E-state index in [1.807, 2.05) is 13.1 Å². The number of nitrogens with zero attached hydrogens (tertiary/aromatic N) is 2. The Balaban J connectivity index is 1.91. The molecule has 3 rings (SSSR count). The minimum absolute atomic E-state index is 0.472. The van der Waals surface area contributed by atoms with E-state index in [9.17, 15) is 0 Å². The van der Waals surface area contributed by atoms with Crippen molar-refractivity contribution in [2.24, 2.45) is 0 Å². The highest BCUT2D eigenvalue weighted by Crippen LogP contribution is 2.40. The summed E-state index contributed by atoms with van der Waals surface area (Å²) in [5.74, 6) is 3.30. The summed E-state index contributed by atoms with van der Waals surface area (Å²) in [6.07, 6.45) is 2.30. The summed E-state index contributed by atoms with van der Waals surface area (Å²) in [6, 6.07) is 7.17. The minimum Gasteiger partial charge on any atom is -0.438 e. The van der Waals surface area contributed by atoms with Crippen molar-refractivity contribution in [3.8, 4) is 11.6 Å². The van der Waals surface area contributed by atoms with Gasteiger partial charge in [0.1, 0.15) is 17.4 Å². The molecule has 1 heterocycles. The highest BCUT2D eigenvalue weighted by molar-refractivity contribution is 9.10. The molecule has 0 unspecified atom stereocenters.